The van der Waals surface area contributed by atoms with E-state index in [4.69, 9.17) is 10.7 Å². The SMILES string of the molecule is CC(C)c1ccc2cc(S(=O)(=O)Cl)ccc2c1. The molecule has 0 fully saturated rings. The molecule has 17 heavy (non-hydrogen) atoms. The van der Waals surface area contributed by atoms with Gasteiger partial charge in [0.1, 0.15) is 0 Å². The zero-order valence-corrected chi connectivity index (χ0v) is 11.2. The number of rotatable bonds is 2. The van der Waals surface area contributed by atoms with Crippen LogP contribution in [-0.4, -0.2) is 8.42 Å². The first-order valence-electron chi connectivity index (χ1n) is 5.36. The zero-order chi connectivity index (χ0) is 12.6. The van der Waals surface area contributed by atoms with Crippen LogP contribution in [0.4, 0.5) is 0 Å². The minimum Gasteiger partial charge on any atom is -0.207 e. The van der Waals surface area contributed by atoms with Gasteiger partial charge in [-0.3, -0.25) is 0 Å². The topological polar surface area (TPSA) is 34.1 Å². The van der Waals surface area contributed by atoms with Gasteiger partial charge in [-0.2, -0.15) is 0 Å². The van der Waals surface area contributed by atoms with Crippen LogP contribution in [-0.2, 0) is 9.05 Å². The van der Waals surface area contributed by atoms with E-state index >= 15 is 0 Å². The minimum absolute atomic E-state index is 0.143. The second kappa shape index (κ2) is 4.31. The number of benzene rings is 2. The Kier molecular flexibility index (Phi) is 3.15. The largest absolute Gasteiger partial charge is 0.261 e. The van der Waals surface area contributed by atoms with Crippen LogP contribution in [0.25, 0.3) is 10.8 Å². The molecule has 90 valence electrons. The van der Waals surface area contributed by atoms with Crippen LogP contribution >= 0.6 is 10.7 Å². The summed E-state index contributed by atoms with van der Waals surface area (Å²) in [5.74, 6) is 0.454. The van der Waals surface area contributed by atoms with E-state index in [2.05, 4.69) is 19.9 Å². The molecule has 4 heteroatoms. The molecular formula is C13H13ClO2S. The summed E-state index contributed by atoms with van der Waals surface area (Å²) in [6, 6.07) is 10.9. The summed E-state index contributed by atoms with van der Waals surface area (Å²) in [6.45, 7) is 4.25. The lowest BCUT2D eigenvalue weighted by molar-refractivity contribution is 0.609. The highest BCUT2D eigenvalue weighted by Gasteiger charge is 2.10. The van der Waals surface area contributed by atoms with E-state index in [0.29, 0.717) is 5.92 Å². The molecule has 2 aromatic carbocycles. The van der Waals surface area contributed by atoms with Crippen molar-refractivity contribution in [3.8, 4) is 0 Å². The van der Waals surface area contributed by atoms with Gasteiger partial charge in [-0.15, -0.1) is 0 Å². The van der Waals surface area contributed by atoms with Crippen LogP contribution in [0.3, 0.4) is 0 Å². The van der Waals surface area contributed by atoms with Gasteiger partial charge in [-0.25, -0.2) is 8.42 Å². The molecule has 0 heterocycles. The summed E-state index contributed by atoms with van der Waals surface area (Å²) in [6.07, 6.45) is 0. The van der Waals surface area contributed by atoms with E-state index in [-0.39, 0.29) is 4.90 Å². The van der Waals surface area contributed by atoms with Crippen molar-refractivity contribution >= 4 is 30.5 Å². The van der Waals surface area contributed by atoms with Crippen molar-refractivity contribution in [3.63, 3.8) is 0 Å². The quantitative estimate of drug-likeness (QED) is 0.775. The summed E-state index contributed by atoms with van der Waals surface area (Å²) in [5, 5.41) is 1.91. The fraction of sp³-hybridized carbons (Fsp3) is 0.231. The predicted molar refractivity (Wildman–Crippen MR) is 71.1 cm³/mol. The first-order chi connectivity index (χ1) is 7.88. The Balaban J connectivity index is 2.62. The third kappa shape index (κ3) is 2.61. The highest BCUT2D eigenvalue weighted by atomic mass is 35.7. The molecule has 0 saturated carbocycles. The Labute approximate surface area is 106 Å². The maximum absolute atomic E-state index is 11.2. The van der Waals surface area contributed by atoms with Crippen molar-refractivity contribution < 1.29 is 8.42 Å². The molecule has 0 aliphatic carbocycles. The molecule has 0 atom stereocenters. The highest BCUT2D eigenvalue weighted by Crippen LogP contribution is 2.25. The average molecular weight is 269 g/mol. The molecule has 2 aromatic rings. The summed E-state index contributed by atoms with van der Waals surface area (Å²) < 4.78 is 22.4. The molecule has 0 aliphatic heterocycles. The first-order valence-corrected chi connectivity index (χ1v) is 7.67. The third-order valence-electron chi connectivity index (χ3n) is 2.78. The van der Waals surface area contributed by atoms with Crippen molar-refractivity contribution in [2.24, 2.45) is 0 Å². The Hall–Kier alpha value is -1.06. The van der Waals surface area contributed by atoms with E-state index in [0.717, 1.165) is 10.8 Å². The molecule has 0 amide bonds. The van der Waals surface area contributed by atoms with Crippen molar-refractivity contribution in [1.29, 1.82) is 0 Å². The van der Waals surface area contributed by atoms with Crippen LogP contribution in [0.1, 0.15) is 25.3 Å². The summed E-state index contributed by atoms with van der Waals surface area (Å²) in [7, 11) is 1.66. The van der Waals surface area contributed by atoms with E-state index in [1.54, 1.807) is 12.1 Å². The van der Waals surface area contributed by atoms with Crippen LogP contribution in [0.15, 0.2) is 41.3 Å². The summed E-state index contributed by atoms with van der Waals surface area (Å²) >= 11 is 0. The normalized spacial score (nSPS) is 12.2. The van der Waals surface area contributed by atoms with Gasteiger partial charge < -0.3 is 0 Å². The second-order valence-corrected chi connectivity index (χ2v) is 6.93. The number of hydrogen-bond donors (Lipinski definition) is 0. The lowest BCUT2D eigenvalue weighted by atomic mass is 9.99. The van der Waals surface area contributed by atoms with E-state index in [9.17, 15) is 8.42 Å². The number of fused-ring (bicyclic) bond motifs is 1. The number of halogens is 1. The molecule has 0 saturated heterocycles. The highest BCUT2D eigenvalue weighted by molar-refractivity contribution is 8.13. The Morgan fingerprint density at radius 3 is 2.18 bits per heavy atom. The van der Waals surface area contributed by atoms with Gasteiger partial charge in [-0.05, 0) is 34.4 Å². The zero-order valence-electron chi connectivity index (χ0n) is 9.64. The first kappa shape index (κ1) is 12.4. The standard InChI is InChI=1S/C13H13ClO2S/c1-9(2)10-3-4-12-8-13(17(14,15)16)6-5-11(12)7-10/h3-9H,1-2H3. The van der Waals surface area contributed by atoms with Gasteiger partial charge in [-0.1, -0.05) is 38.1 Å². The molecule has 2 rings (SSSR count). The van der Waals surface area contributed by atoms with Crippen LogP contribution in [0.2, 0.25) is 0 Å². The van der Waals surface area contributed by atoms with Gasteiger partial charge in [0.25, 0.3) is 9.05 Å². The van der Waals surface area contributed by atoms with Gasteiger partial charge in [0.05, 0.1) is 4.90 Å². The summed E-state index contributed by atoms with van der Waals surface area (Å²) in [5.41, 5.74) is 1.24. The van der Waals surface area contributed by atoms with E-state index in [1.807, 2.05) is 12.1 Å². The minimum atomic E-state index is -3.65. The Morgan fingerprint density at radius 2 is 1.59 bits per heavy atom. The van der Waals surface area contributed by atoms with E-state index < -0.39 is 9.05 Å². The molecule has 0 unspecified atom stereocenters. The van der Waals surface area contributed by atoms with Crippen LogP contribution in [0, 0.1) is 0 Å². The predicted octanol–water partition coefficient (Wildman–Crippen LogP) is 3.89. The smallest absolute Gasteiger partial charge is 0.207 e. The van der Waals surface area contributed by atoms with Gasteiger partial charge >= 0.3 is 0 Å². The lowest BCUT2D eigenvalue weighted by Gasteiger charge is -2.07. The maximum atomic E-state index is 11.2. The average Bonchev–Trinajstić information content (AvgIpc) is 2.26. The molecule has 0 aliphatic rings. The fourth-order valence-electron chi connectivity index (χ4n) is 1.75. The molecule has 0 radical (unpaired) electrons. The van der Waals surface area contributed by atoms with Crippen molar-refractivity contribution in [3.05, 3.63) is 42.0 Å². The lowest BCUT2D eigenvalue weighted by Crippen LogP contribution is -1.91. The number of hydrogen-bond acceptors (Lipinski definition) is 2. The molecule has 0 N–H and O–H groups in total. The van der Waals surface area contributed by atoms with Gasteiger partial charge in [0.2, 0.25) is 0 Å². The molecule has 0 spiro atoms. The van der Waals surface area contributed by atoms with E-state index in [1.165, 1.54) is 11.6 Å². The van der Waals surface area contributed by atoms with Crippen molar-refractivity contribution in [1.82, 2.24) is 0 Å². The molecule has 2 nitrogen and oxygen atoms in total. The Bertz CT molecular complexity index is 660. The van der Waals surface area contributed by atoms with Crippen molar-refractivity contribution in [2.75, 3.05) is 0 Å². The van der Waals surface area contributed by atoms with Crippen molar-refractivity contribution in [2.45, 2.75) is 24.7 Å². The Morgan fingerprint density at radius 1 is 1.00 bits per heavy atom. The molecular weight excluding hydrogens is 256 g/mol. The maximum Gasteiger partial charge on any atom is 0.261 e. The molecule has 0 bridgehead atoms. The van der Waals surface area contributed by atoms with Gasteiger partial charge in [0, 0.05) is 10.7 Å². The van der Waals surface area contributed by atoms with Gasteiger partial charge in [0.15, 0.2) is 0 Å². The molecule has 0 aromatic heterocycles. The second-order valence-electron chi connectivity index (χ2n) is 4.36. The fourth-order valence-corrected chi connectivity index (χ4v) is 2.54. The summed E-state index contributed by atoms with van der Waals surface area (Å²) in [4.78, 5) is 0.143. The van der Waals surface area contributed by atoms with Crippen LogP contribution < -0.4 is 0 Å². The monoisotopic (exact) mass is 268 g/mol. The third-order valence-corrected chi connectivity index (χ3v) is 4.14. The van der Waals surface area contributed by atoms with Crippen LogP contribution in [0.5, 0.6) is 0 Å².